The molecule has 1 aliphatic heterocycles. The van der Waals surface area contributed by atoms with Crippen molar-refractivity contribution in [2.75, 3.05) is 0 Å². The lowest BCUT2D eigenvalue weighted by atomic mass is 10.2. The second kappa shape index (κ2) is 7.00. The number of rotatable bonds is 3. The molecular weight excluding hydrogens is 364 g/mol. The van der Waals surface area contributed by atoms with Crippen LogP contribution >= 0.6 is 23.4 Å². The number of aromatic hydroxyl groups is 1. The molecule has 0 atom stereocenters. The molecule has 1 heterocycles. The Hall–Kier alpha value is -2.77. The SMILES string of the molecule is O=C(NN1C(=O)SC(=Cc2ccc(Cl)cc2)C1=O)c1ccccc1O. The fourth-order valence-electron chi connectivity index (χ4n) is 2.10. The van der Waals surface area contributed by atoms with E-state index in [4.69, 9.17) is 11.6 Å². The number of para-hydroxylation sites is 1. The summed E-state index contributed by atoms with van der Waals surface area (Å²) in [5.74, 6) is -1.65. The Morgan fingerprint density at radius 2 is 1.80 bits per heavy atom. The lowest BCUT2D eigenvalue weighted by Gasteiger charge is -2.14. The topological polar surface area (TPSA) is 86.7 Å². The minimum atomic E-state index is -0.756. The zero-order valence-corrected chi connectivity index (χ0v) is 14.2. The Balaban J connectivity index is 1.79. The maximum absolute atomic E-state index is 12.4. The van der Waals surface area contributed by atoms with Crippen molar-refractivity contribution in [1.82, 2.24) is 10.4 Å². The lowest BCUT2D eigenvalue weighted by molar-refractivity contribution is -0.124. The predicted molar refractivity (Wildman–Crippen MR) is 94.8 cm³/mol. The van der Waals surface area contributed by atoms with Crippen molar-refractivity contribution in [3.63, 3.8) is 0 Å². The first-order valence-corrected chi connectivity index (χ1v) is 8.27. The Labute approximate surface area is 152 Å². The van der Waals surface area contributed by atoms with Crippen LogP contribution in [0.25, 0.3) is 6.08 Å². The number of nitrogens with zero attached hydrogens (tertiary/aromatic N) is 1. The molecule has 6 nitrogen and oxygen atoms in total. The van der Waals surface area contributed by atoms with Gasteiger partial charge in [-0.1, -0.05) is 35.9 Å². The minimum Gasteiger partial charge on any atom is -0.507 e. The first kappa shape index (κ1) is 17.1. The van der Waals surface area contributed by atoms with Crippen molar-refractivity contribution in [3.8, 4) is 5.75 Å². The number of carbonyl (C=O) groups is 3. The number of carbonyl (C=O) groups excluding carboxylic acids is 3. The Bertz CT molecular complexity index is 896. The summed E-state index contributed by atoms with van der Waals surface area (Å²) in [7, 11) is 0. The molecule has 1 fully saturated rings. The van der Waals surface area contributed by atoms with Crippen molar-refractivity contribution in [2.24, 2.45) is 0 Å². The number of benzene rings is 2. The van der Waals surface area contributed by atoms with Gasteiger partial charge in [-0.15, -0.1) is 0 Å². The second-order valence-electron chi connectivity index (χ2n) is 5.03. The molecule has 25 heavy (non-hydrogen) atoms. The van der Waals surface area contributed by atoms with E-state index in [0.29, 0.717) is 27.4 Å². The molecule has 0 aliphatic carbocycles. The van der Waals surface area contributed by atoms with Crippen LogP contribution in [0, 0.1) is 0 Å². The van der Waals surface area contributed by atoms with Crippen molar-refractivity contribution >= 4 is 46.5 Å². The van der Waals surface area contributed by atoms with Crippen LogP contribution in [0.1, 0.15) is 15.9 Å². The van der Waals surface area contributed by atoms with Crippen molar-refractivity contribution in [1.29, 1.82) is 0 Å². The zero-order chi connectivity index (χ0) is 18.0. The molecule has 1 saturated heterocycles. The molecule has 1 aliphatic rings. The Morgan fingerprint density at radius 1 is 1.12 bits per heavy atom. The summed E-state index contributed by atoms with van der Waals surface area (Å²) in [5, 5.41) is 10.2. The molecular formula is C17H11ClN2O4S. The number of phenolic OH excluding ortho intramolecular Hbond substituents is 1. The number of thioether (sulfide) groups is 1. The molecule has 3 rings (SSSR count). The molecule has 0 radical (unpaired) electrons. The monoisotopic (exact) mass is 374 g/mol. The smallest absolute Gasteiger partial charge is 0.312 e. The Morgan fingerprint density at radius 3 is 2.48 bits per heavy atom. The van der Waals surface area contributed by atoms with Gasteiger partial charge in [-0.25, -0.2) is 0 Å². The second-order valence-corrected chi connectivity index (χ2v) is 6.46. The van der Waals surface area contributed by atoms with E-state index in [2.05, 4.69) is 5.43 Å². The van der Waals surface area contributed by atoms with E-state index in [9.17, 15) is 19.5 Å². The van der Waals surface area contributed by atoms with Gasteiger partial charge in [0.1, 0.15) is 5.75 Å². The molecule has 0 saturated carbocycles. The van der Waals surface area contributed by atoms with E-state index in [1.165, 1.54) is 18.2 Å². The van der Waals surface area contributed by atoms with Crippen LogP contribution < -0.4 is 5.43 Å². The quantitative estimate of drug-likeness (QED) is 0.804. The lowest BCUT2D eigenvalue weighted by Crippen LogP contribution is -2.44. The summed E-state index contributed by atoms with van der Waals surface area (Å²) in [5.41, 5.74) is 2.87. The number of nitrogens with one attached hydrogen (secondary N) is 1. The zero-order valence-electron chi connectivity index (χ0n) is 12.6. The number of phenols is 1. The first-order chi connectivity index (χ1) is 12.0. The fraction of sp³-hybridized carbons (Fsp3) is 0. The molecule has 126 valence electrons. The van der Waals surface area contributed by atoms with Gasteiger partial charge in [0.05, 0.1) is 10.5 Å². The van der Waals surface area contributed by atoms with Crippen molar-refractivity contribution in [2.45, 2.75) is 0 Å². The first-order valence-electron chi connectivity index (χ1n) is 7.08. The minimum absolute atomic E-state index is 0.0387. The molecule has 8 heteroatoms. The summed E-state index contributed by atoms with van der Waals surface area (Å²) in [6.07, 6.45) is 1.54. The summed E-state index contributed by atoms with van der Waals surface area (Å²) in [4.78, 5) is 36.7. The number of hydrogen-bond donors (Lipinski definition) is 2. The normalized spacial score (nSPS) is 15.7. The van der Waals surface area contributed by atoms with E-state index >= 15 is 0 Å². The standard InChI is InChI=1S/C17H11ClN2O4S/c18-11-7-5-10(6-8-11)9-14-16(23)20(17(24)25-14)19-15(22)12-3-1-2-4-13(12)21/h1-9,21H,(H,19,22). The highest BCUT2D eigenvalue weighted by atomic mass is 35.5. The number of halogens is 1. The molecule has 3 amide bonds. The van der Waals surface area contributed by atoms with Crippen molar-refractivity contribution < 1.29 is 19.5 Å². The van der Waals surface area contributed by atoms with Crippen LogP contribution in [0.15, 0.2) is 53.4 Å². The van der Waals surface area contributed by atoms with Gasteiger partial charge in [-0.05, 0) is 47.7 Å². The van der Waals surface area contributed by atoms with Gasteiger partial charge in [-0.2, -0.15) is 5.01 Å². The maximum Gasteiger partial charge on any atom is 0.312 e. The van der Waals surface area contributed by atoms with Crippen molar-refractivity contribution in [3.05, 3.63) is 69.6 Å². The molecule has 2 aromatic carbocycles. The van der Waals surface area contributed by atoms with Crippen LogP contribution in [0.5, 0.6) is 5.75 Å². The fourth-order valence-corrected chi connectivity index (χ4v) is 3.01. The summed E-state index contributed by atoms with van der Waals surface area (Å²) in [6.45, 7) is 0. The van der Waals surface area contributed by atoms with Gasteiger partial charge in [0, 0.05) is 5.02 Å². The number of amides is 3. The highest BCUT2D eigenvalue weighted by molar-refractivity contribution is 8.18. The predicted octanol–water partition coefficient (Wildman–Crippen LogP) is 3.43. The van der Waals surface area contributed by atoms with Gasteiger partial charge >= 0.3 is 5.24 Å². The molecule has 0 aromatic heterocycles. The average Bonchev–Trinajstić information content (AvgIpc) is 2.85. The third kappa shape index (κ3) is 3.67. The summed E-state index contributed by atoms with van der Waals surface area (Å²) >= 11 is 6.52. The van der Waals surface area contributed by atoms with Crippen LogP contribution in [0.3, 0.4) is 0 Å². The molecule has 0 bridgehead atoms. The van der Waals surface area contributed by atoms with Gasteiger partial charge in [0.2, 0.25) is 0 Å². The van der Waals surface area contributed by atoms with Crippen LogP contribution in [-0.4, -0.2) is 27.2 Å². The van der Waals surface area contributed by atoms with E-state index < -0.39 is 17.1 Å². The van der Waals surface area contributed by atoms with Gasteiger partial charge in [0.25, 0.3) is 11.8 Å². The van der Waals surface area contributed by atoms with Gasteiger partial charge in [-0.3, -0.25) is 19.8 Å². The molecule has 2 aromatic rings. The van der Waals surface area contributed by atoms with E-state index in [-0.39, 0.29) is 16.2 Å². The number of hydrazine groups is 1. The molecule has 2 N–H and O–H groups in total. The van der Waals surface area contributed by atoms with Crippen LogP contribution in [0.4, 0.5) is 4.79 Å². The van der Waals surface area contributed by atoms with E-state index in [1.54, 1.807) is 36.4 Å². The highest BCUT2D eigenvalue weighted by Crippen LogP contribution is 2.31. The highest BCUT2D eigenvalue weighted by Gasteiger charge is 2.37. The average molecular weight is 375 g/mol. The Kier molecular flexibility index (Phi) is 4.78. The maximum atomic E-state index is 12.4. The van der Waals surface area contributed by atoms with Crippen LogP contribution in [-0.2, 0) is 4.79 Å². The van der Waals surface area contributed by atoms with Gasteiger partial charge in [0.15, 0.2) is 0 Å². The number of hydrogen-bond acceptors (Lipinski definition) is 5. The molecule has 0 spiro atoms. The third-order valence-corrected chi connectivity index (χ3v) is 4.45. The van der Waals surface area contributed by atoms with E-state index in [1.807, 2.05) is 0 Å². The van der Waals surface area contributed by atoms with Gasteiger partial charge < -0.3 is 5.11 Å². The van der Waals surface area contributed by atoms with E-state index in [0.717, 1.165) is 0 Å². The van der Waals surface area contributed by atoms with Crippen LogP contribution in [0.2, 0.25) is 5.02 Å². The largest absolute Gasteiger partial charge is 0.507 e. The third-order valence-electron chi connectivity index (χ3n) is 3.32. The summed E-state index contributed by atoms with van der Waals surface area (Å²) in [6, 6.07) is 12.6. The number of imide groups is 1. The summed E-state index contributed by atoms with van der Waals surface area (Å²) < 4.78 is 0. The molecule has 0 unspecified atom stereocenters.